The number of hydrogen-bond acceptors (Lipinski definition) is 0. The van der Waals surface area contributed by atoms with E-state index in [0.29, 0.717) is 0 Å². The molecular formula is C26H30Cl2Zr. The van der Waals surface area contributed by atoms with E-state index in [1.807, 2.05) is 30.3 Å². The minimum absolute atomic E-state index is 0.194. The summed E-state index contributed by atoms with van der Waals surface area (Å²) in [6.07, 6.45) is 0. The Hall–Kier alpha value is -0.877. The van der Waals surface area contributed by atoms with E-state index in [4.69, 9.17) is 17.0 Å². The van der Waals surface area contributed by atoms with E-state index in [2.05, 4.69) is 84.0 Å². The molecule has 0 spiro atoms. The molecule has 0 N–H and O–H groups in total. The van der Waals surface area contributed by atoms with Crippen molar-refractivity contribution in [3.63, 3.8) is 0 Å². The number of hydrogen-bond donors (Lipinski definition) is 0. The molecule has 0 saturated heterocycles. The second-order valence-corrected chi connectivity index (χ2v) is 13.0. The van der Waals surface area contributed by atoms with Gasteiger partial charge in [-0.2, -0.15) is 18.2 Å². The van der Waals surface area contributed by atoms with Crippen LogP contribution in [0, 0.1) is 0 Å². The average Bonchev–Trinajstić information content (AvgIpc) is 3.31. The van der Waals surface area contributed by atoms with Gasteiger partial charge in [0.25, 0.3) is 0 Å². The molecular weight excluding hydrogens is 474 g/mol. The topological polar surface area (TPSA) is 0 Å². The van der Waals surface area contributed by atoms with Crippen LogP contribution in [-0.2, 0) is 31.7 Å². The molecule has 4 aromatic rings. The second-order valence-electron chi connectivity index (χ2n) is 9.28. The summed E-state index contributed by atoms with van der Waals surface area (Å²) in [5, 5.41) is 5.49. The van der Waals surface area contributed by atoms with E-state index in [1.165, 1.54) is 32.7 Å². The van der Waals surface area contributed by atoms with Crippen LogP contribution in [0.2, 0.25) is 0 Å². The minimum Gasteiger partial charge on any atom is -0.214 e. The first-order valence-electron chi connectivity index (χ1n) is 9.85. The van der Waals surface area contributed by atoms with Crippen molar-refractivity contribution in [3.8, 4) is 0 Å². The molecule has 0 aliphatic carbocycles. The van der Waals surface area contributed by atoms with E-state index < -0.39 is 20.8 Å². The van der Waals surface area contributed by atoms with Crippen molar-refractivity contribution in [1.29, 1.82) is 0 Å². The fourth-order valence-corrected chi connectivity index (χ4v) is 3.25. The molecule has 3 heteroatoms. The predicted octanol–water partition coefficient (Wildman–Crippen LogP) is 9.09. The summed E-state index contributed by atoms with van der Waals surface area (Å²) in [7, 11) is 9.87. The number of rotatable bonds is 0. The Morgan fingerprint density at radius 1 is 0.690 bits per heavy atom. The fraction of sp³-hybridized carbons (Fsp3) is 0.308. The van der Waals surface area contributed by atoms with Gasteiger partial charge in [0.15, 0.2) is 0 Å². The van der Waals surface area contributed by atoms with Crippen LogP contribution in [0.1, 0.15) is 52.7 Å². The average molecular weight is 505 g/mol. The van der Waals surface area contributed by atoms with Crippen LogP contribution >= 0.6 is 17.0 Å². The van der Waals surface area contributed by atoms with E-state index in [9.17, 15) is 0 Å². The van der Waals surface area contributed by atoms with Crippen LogP contribution in [0.3, 0.4) is 0 Å². The number of benzene rings is 2. The zero-order valence-electron chi connectivity index (χ0n) is 18.2. The number of halogens is 2. The third-order valence-corrected chi connectivity index (χ3v) is 5.00. The smallest absolute Gasteiger partial charge is 0.172 e. The molecule has 0 bridgehead atoms. The van der Waals surface area contributed by atoms with Crippen LogP contribution in [0.25, 0.3) is 21.5 Å². The molecule has 0 saturated carbocycles. The first-order valence-corrected chi connectivity index (χ1v) is 16.2. The van der Waals surface area contributed by atoms with Gasteiger partial charge in [0, 0.05) is 0 Å². The zero-order valence-corrected chi connectivity index (χ0v) is 22.2. The quantitative estimate of drug-likeness (QED) is 0.210. The van der Waals surface area contributed by atoms with Crippen LogP contribution in [0.15, 0.2) is 72.8 Å². The van der Waals surface area contributed by atoms with Gasteiger partial charge in [0.1, 0.15) is 0 Å². The zero-order chi connectivity index (χ0) is 21.7. The molecule has 0 fully saturated rings. The van der Waals surface area contributed by atoms with Crippen LogP contribution in [0.5, 0.6) is 0 Å². The molecule has 0 amide bonds. The molecule has 0 aliphatic rings. The van der Waals surface area contributed by atoms with E-state index >= 15 is 0 Å². The summed E-state index contributed by atoms with van der Waals surface area (Å²) in [6.45, 7) is 13.7. The largest absolute Gasteiger partial charge is 0.214 e. The third kappa shape index (κ3) is 6.81. The van der Waals surface area contributed by atoms with Gasteiger partial charge in [-0.1, -0.05) is 76.9 Å². The van der Waals surface area contributed by atoms with Crippen LogP contribution in [-0.4, -0.2) is 0 Å². The molecule has 0 heterocycles. The van der Waals surface area contributed by atoms with Gasteiger partial charge in [0.05, 0.1) is 0 Å². The third-order valence-electron chi connectivity index (χ3n) is 5.00. The Balaban J connectivity index is 0.000000316. The Morgan fingerprint density at radius 2 is 1.07 bits per heavy atom. The molecule has 4 rings (SSSR count). The molecule has 0 aromatic heterocycles. The van der Waals surface area contributed by atoms with Crippen LogP contribution < -0.4 is 0 Å². The molecule has 0 aliphatic heterocycles. The Morgan fingerprint density at radius 3 is 1.34 bits per heavy atom. The molecule has 29 heavy (non-hydrogen) atoms. The van der Waals surface area contributed by atoms with Gasteiger partial charge in [-0.15, -0.1) is 39.7 Å². The van der Waals surface area contributed by atoms with Gasteiger partial charge in [-0.25, -0.2) is 12.1 Å². The van der Waals surface area contributed by atoms with Gasteiger partial charge >= 0.3 is 37.9 Å². The molecule has 0 unspecified atom stereocenters. The summed E-state index contributed by atoms with van der Waals surface area (Å²) >= 11 is -0.826. The molecule has 4 aromatic carbocycles. The maximum atomic E-state index is 4.93. The van der Waals surface area contributed by atoms with Crippen molar-refractivity contribution in [1.82, 2.24) is 0 Å². The minimum atomic E-state index is -0.826. The van der Waals surface area contributed by atoms with Crippen molar-refractivity contribution >= 4 is 38.6 Å². The maximum absolute atomic E-state index is 4.93. The summed E-state index contributed by atoms with van der Waals surface area (Å²) in [5.74, 6) is 0. The molecule has 0 radical (unpaired) electrons. The maximum Gasteiger partial charge on any atom is -0.172 e. The van der Waals surface area contributed by atoms with Crippen molar-refractivity contribution < 1.29 is 20.8 Å². The van der Waals surface area contributed by atoms with E-state index in [1.54, 1.807) is 0 Å². The Kier molecular flexibility index (Phi) is 8.77. The second kappa shape index (κ2) is 10.4. The first-order chi connectivity index (χ1) is 13.6. The van der Waals surface area contributed by atoms with E-state index in [-0.39, 0.29) is 10.8 Å². The van der Waals surface area contributed by atoms with Crippen molar-refractivity contribution in [2.45, 2.75) is 52.4 Å². The predicted molar refractivity (Wildman–Crippen MR) is 128 cm³/mol. The molecule has 0 atom stereocenters. The monoisotopic (exact) mass is 502 g/mol. The summed E-state index contributed by atoms with van der Waals surface area (Å²) in [4.78, 5) is 0. The first kappa shape index (κ1) is 24.4. The van der Waals surface area contributed by atoms with Gasteiger partial charge < -0.3 is 0 Å². The van der Waals surface area contributed by atoms with Gasteiger partial charge in [-0.05, 0) is 10.8 Å². The number of fused-ring (bicyclic) bond motifs is 3. The van der Waals surface area contributed by atoms with Crippen molar-refractivity contribution in [2.24, 2.45) is 0 Å². The molecule has 0 nitrogen and oxygen atoms in total. The van der Waals surface area contributed by atoms with Gasteiger partial charge in [-0.3, -0.25) is 0 Å². The normalized spacial score (nSPS) is 11.3. The Labute approximate surface area is 194 Å². The van der Waals surface area contributed by atoms with Crippen molar-refractivity contribution in [2.75, 3.05) is 0 Å². The van der Waals surface area contributed by atoms with Gasteiger partial charge in [0.2, 0.25) is 0 Å². The summed E-state index contributed by atoms with van der Waals surface area (Å²) in [6, 6.07) is 26.1. The SMILES string of the molecule is CC(C)(C)c1ccc2[cH-]c3ccc(C(C)(C)C)cc3c2c1.[Cl][Zr+2][Cl].c1cc[cH-]c1. The fourth-order valence-electron chi connectivity index (χ4n) is 3.25. The van der Waals surface area contributed by atoms with Crippen LogP contribution in [0.4, 0.5) is 0 Å². The Bertz CT molecular complexity index is 927. The standard InChI is InChI=1S/C21H25.C5H5.2ClH.Zr/c1-20(2,3)16-9-7-14-11-15-8-10-17(21(4,5)6)13-19(15)18(14)12-16;1-2-4-5-3-1;;;/h7-13H,1-6H3;1-5H;2*1H;/q2*-1;;;+4/p-2. The summed E-state index contributed by atoms with van der Waals surface area (Å²) in [5.41, 5.74) is 3.20. The molecule has 152 valence electrons. The summed E-state index contributed by atoms with van der Waals surface area (Å²) < 4.78 is 0. The van der Waals surface area contributed by atoms with E-state index in [0.717, 1.165) is 0 Å². The van der Waals surface area contributed by atoms with Crippen molar-refractivity contribution in [3.05, 3.63) is 83.9 Å².